The quantitative estimate of drug-likeness (QED) is 0.430. The summed E-state index contributed by atoms with van der Waals surface area (Å²) in [5.74, 6) is 0.899. The third-order valence-corrected chi connectivity index (χ3v) is 5.76. The van der Waals surface area contributed by atoms with Crippen molar-refractivity contribution in [2.75, 3.05) is 24.8 Å². The molecule has 3 aromatic rings. The molecule has 0 radical (unpaired) electrons. The van der Waals surface area contributed by atoms with E-state index in [0.29, 0.717) is 28.2 Å². The summed E-state index contributed by atoms with van der Waals surface area (Å²) in [7, 11) is 3.15. The fraction of sp³-hybridized carbons (Fsp3) is 0.263. The van der Waals surface area contributed by atoms with Crippen molar-refractivity contribution in [2.45, 2.75) is 12.1 Å². The van der Waals surface area contributed by atoms with Crippen molar-refractivity contribution in [3.63, 3.8) is 0 Å². The van der Waals surface area contributed by atoms with Crippen LogP contribution in [0.4, 0.5) is 5.00 Å². The maximum atomic E-state index is 12.3. The molecule has 3 rings (SSSR count). The van der Waals surface area contributed by atoms with E-state index < -0.39 is 5.97 Å². The highest BCUT2D eigenvalue weighted by Gasteiger charge is 2.17. The van der Waals surface area contributed by atoms with Gasteiger partial charge >= 0.3 is 5.97 Å². The average molecular weight is 433 g/mol. The number of carbonyl (C=O) groups excluding carboxylic acids is 2. The number of rotatable bonds is 8. The number of hydrogen-bond acceptors (Lipinski definition) is 8. The van der Waals surface area contributed by atoms with E-state index in [2.05, 4.69) is 15.5 Å². The zero-order chi connectivity index (χ0) is 20.8. The van der Waals surface area contributed by atoms with Crippen molar-refractivity contribution >= 4 is 40.0 Å². The number of anilines is 1. The molecule has 2 aromatic heterocycles. The zero-order valence-corrected chi connectivity index (χ0v) is 17.8. The molecule has 1 aromatic carbocycles. The summed E-state index contributed by atoms with van der Waals surface area (Å²) in [6, 6.07) is 9.22. The van der Waals surface area contributed by atoms with E-state index in [0.717, 1.165) is 11.3 Å². The molecule has 1 amide bonds. The summed E-state index contributed by atoms with van der Waals surface area (Å²) in [5, 5.41) is 13.9. The molecule has 8 nitrogen and oxygen atoms in total. The number of thioether (sulfide) groups is 1. The number of benzene rings is 1. The van der Waals surface area contributed by atoms with Crippen LogP contribution in [0.3, 0.4) is 0 Å². The Labute approximate surface area is 176 Å². The van der Waals surface area contributed by atoms with E-state index in [-0.39, 0.29) is 11.7 Å². The van der Waals surface area contributed by atoms with Gasteiger partial charge in [0.15, 0.2) is 11.0 Å². The molecule has 0 saturated heterocycles. The summed E-state index contributed by atoms with van der Waals surface area (Å²) in [4.78, 5) is 24.0. The predicted molar refractivity (Wildman–Crippen MR) is 113 cm³/mol. The fourth-order valence-electron chi connectivity index (χ4n) is 2.53. The van der Waals surface area contributed by atoms with Gasteiger partial charge < -0.3 is 19.4 Å². The van der Waals surface area contributed by atoms with Gasteiger partial charge in [-0.1, -0.05) is 11.8 Å². The first-order chi connectivity index (χ1) is 14.0. The highest BCUT2D eigenvalue weighted by molar-refractivity contribution is 7.99. The van der Waals surface area contributed by atoms with Gasteiger partial charge in [-0.3, -0.25) is 4.79 Å². The van der Waals surface area contributed by atoms with Crippen LogP contribution in [-0.2, 0) is 16.6 Å². The number of nitrogens with zero attached hydrogens (tertiary/aromatic N) is 3. The molecule has 0 aliphatic heterocycles. The van der Waals surface area contributed by atoms with Gasteiger partial charge in [-0.25, -0.2) is 4.79 Å². The molecule has 0 fully saturated rings. The molecule has 0 aliphatic carbocycles. The predicted octanol–water partition coefficient (Wildman–Crippen LogP) is 3.46. The third kappa shape index (κ3) is 4.96. The van der Waals surface area contributed by atoms with Crippen LogP contribution < -0.4 is 10.1 Å². The van der Waals surface area contributed by atoms with Crippen LogP contribution in [0, 0.1) is 0 Å². The Morgan fingerprint density at radius 3 is 2.66 bits per heavy atom. The van der Waals surface area contributed by atoms with Crippen molar-refractivity contribution in [1.82, 2.24) is 14.8 Å². The molecule has 29 heavy (non-hydrogen) atoms. The van der Waals surface area contributed by atoms with Gasteiger partial charge in [-0.15, -0.1) is 21.5 Å². The number of methoxy groups -OCH3 is 1. The molecule has 152 valence electrons. The van der Waals surface area contributed by atoms with Crippen LogP contribution in [-0.4, -0.2) is 46.1 Å². The molecule has 0 unspecified atom stereocenters. The second kappa shape index (κ2) is 9.57. The van der Waals surface area contributed by atoms with Gasteiger partial charge in [0.25, 0.3) is 0 Å². The third-order valence-electron chi connectivity index (χ3n) is 3.91. The van der Waals surface area contributed by atoms with Gasteiger partial charge in [0, 0.05) is 12.6 Å². The first kappa shape index (κ1) is 20.9. The van der Waals surface area contributed by atoms with Crippen LogP contribution in [0.5, 0.6) is 5.75 Å². The molecular formula is C19H20N4O4S2. The molecule has 0 bridgehead atoms. The lowest BCUT2D eigenvalue weighted by atomic mass is 10.2. The Morgan fingerprint density at radius 2 is 1.97 bits per heavy atom. The normalized spacial score (nSPS) is 10.6. The monoisotopic (exact) mass is 432 g/mol. The SMILES string of the molecule is CCOc1ccc(-c2nnc(SCC(=O)Nc3sccc3C(=O)OC)n2C)cc1. The van der Waals surface area contributed by atoms with Crippen molar-refractivity contribution in [3.05, 3.63) is 41.3 Å². The number of amides is 1. The Hall–Kier alpha value is -2.85. The van der Waals surface area contributed by atoms with Crippen LogP contribution >= 0.6 is 23.1 Å². The maximum Gasteiger partial charge on any atom is 0.340 e. The van der Waals surface area contributed by atoms with E-state index in [9.17, 15) is 9.59 Å². The van der Waals surface area contributed by atoms with Crippen LogP contribution in [0.1, 0.15) is 17.3 Å². The van der Waals surface area contributed by atoms with E-state index in [1.54, 1.807) is 11.4 Å². The number of thiophene rings is 1. The lowest BCUT2D eigenvalue weighted by Crippen LogP contribution is -2.16. The molecule has 1 N–H and O–H groups in total. The minimum Gasteiger partial charge on any atom is -0.494 e. The minimum absolute atomic E-state index is 0.133. The molecule has 0 aliphatic rings. The second-order valence-electron chi connectivity index (χ2n) is 5.81. The minimum atomic E-state index is -0.484. The number of aromatic nitrogens is 3. The van der Waals surface area contributed by atoms with Gasteiger partial charge in [0.05, 0.1) is 25.0 Å². The number of esters is 1. The zero-order valence-electron chi connectivity index (χ0n) is 16.2. The lowest BCUT2D eigenvalue weighted by Gasteiger charge is -2.07. The maximum absolute atomic E-state index is 12.3. The number of carbonyl (C=O) groups is 2. The first-order valence-corrected chi connectivity index (χ1v) is 10.6. The fourth-order valence-corrected chi connectivity index (χ4v) is 4.03. The summed E-state index contributed by atoms with van der Waals surface area (Å²) < 4.78 is 12.0. The average Bonchev–Trinajstić information content (AvgIpc) is 3.33. The van der Waals surface area contributed by atoms with Crippen molar-refractivity contribution in [3.8, 4) is 17.1 Å². The summed E-state index contributed by atoms with van der Waals surface area (Å²) >= 11 is 2.53. The Bertz CT molecular complexity index is 998. The van der Waals surface area contributed by atoms with Crippen molar-refractivity contribution in [2.24, 2.45) is 7.05 Å². The number of ether oxygens (including phenoxy) is 2. The topological polar surface area (TPSA) is 95.3 Å². The summed E-state index contributed by atoms with van der Waals surface area (Å²) in [6.07, 6.45) is 0. The van der Waals surface area contributed by atoms with E-state index in [1.165, 1.54) is 30.2 Å². The van der Waals surface area contributed by atoms with Crippen molar-refractivity contribution < 1.29 is 19.1 Å². The molecule has 0 saturated carbocycles. The van der Waals surface area contributed by atoms with Crippen LogP contribution in [0.25, 0.3) is 11.4 Å². The van der Waals surface area contributed by atoms with E-state index in [1.807, 2.05) is 42.8 Å². The first-order valence-electron chi connectivity index (χ1n) is 8.74. The van der Waals surface area contributed by atoms with Crippen LogP contribution in [0.2, 0.25) is 0 Å². The Morgan fingerprint density at radius 1 is 1.21 bits per heavy atom. The highest BCUT2D eigenvalue weighted by atomic mass is 32.2. The number of nitrogens with one attached hydrogen (secondary N) is 1. The largest absolute Gasteiger partial charge is 0.494 e. The molecule has 2 heterocycles. The van der Waals surface area contributed by atoms with Crippen molar-refractivity contribution in [1.29, 1.82) is 0 Å². The Balaban J connectivity index is 1.62. The molecule has 10 heteroatoms. The van der Waals surface area contributed by atoms with Gasteiger partial charge in [0.1, 0.15) is 10.8 Å². The second-order valence-corrected chi connectivity index (χ2v) is 7.67. The van der Waals surface area contributed by atoms with Gasteiger partial charge in [0.2, 0.25) is 5.91 Å². The lowest BCUT2D eigenvalue weighted by molar-refractivity contribution is -0.113. The number of hydrogen-bond donors (Lipinski definition) is 1. The molecular weight excluding hydrogens is 412 g/mol. The smallest absolute Gasteiger partial charge is 0.340 e. The summed E-state index contributed by atoms with van der Waals surface area (Å²) in [5.41, 5.74) is 1.24. The standard InChI is InChI=1S/C19H20N4O4S2/c1-4-27-13-7-5-12(6-8-13)16-21-22-19(23(16)2)29-11-15(24)20-17-14(9-10-28-17)18(25)26-3/h5-10H,4,11H2,1-3H3,(H,20,24). The van der Waals surface area contributed by atoms with E-state index >= 15 is 0 Å². The van der Waals surface area contributed by atoms with Crippen LogP contribution in [0.15, 0.2) is 40.9 Å². The van der Waals surface area contributed by atoms with Gasteiger partial charge in [-0.2, -0.15) is 0 Å². The molecule has 0 atom stereocenters. The van der Waals surface area contributed by atoms with E-state index in [4.69, 9.17) is 9.47 Å². The molecule has 0 spiro atoms. The Kier molecular flexibility index (Phi) is 6.89. The highest BCUT2D eigenvalue weighted by Crippen LogP contribution is 2.26. The van der Waals surface area contributed by atoms with Gasteiger partial charge in [-0.05, 0) is 42.6 Å². The summed E-state index contributed by atoms with van der Waals surface area (Å²) in [6.45, 7) is 2.55.